The number of carbonyl (C=O) groups is 1. The monoisotopic (exact) mass is 254 g/mol. The van der Waals surface area contributed by atoms with E-state index in [1.165, 1.54) is 0 Å². The first kappa shape index (κ1) is 15.7. The number of Topliss-reactive ketones (excluding diaryl/α,β-unsaturated/α-hetero) is 1. The van der Waals surface area contributed by atoms with Crippen LogP contribution in [0.4, 0.5) is 0 Å². The van der Waals surface area contributed by atoms with Crippen molar-refractivity contribution in [2.24, 2.45) is 17.3 Å². The molecular weight excluding hydrogens is 224 g/mol. The zero-order valence-corrected chi connectivity index (χ0v) is 12.8. The summed E-state index contributed by atoms with van der Waals surface area (Å²) >= 11 is 0. The third-order valence-corrected chi connectivity index (χ3v) is 4.58. The fraction of sp³-hybridized carbons (Fsp3) is 0.938. The minimum atomic E-state index is -0.447. The smallest absolute Gasteiger partial charge is 0.138 e. The molecule has 2 heteroatoms. The van der Waals surface area contributed by atoms with Crippen LogP contribution in [0, 0.1) is 17.3 Å². The van der Waals surface area contributed by atoms with E-state index in [0.29, 0.717) is 24.0 Å². The quantitative estimate of drug-likeness (QED) is 0.824. The van der Waals surface area contributed by atoms with Crippen molar-refractivity contribution in [2.45, 2.75) is 78.7 Å². The summed E-state index contributed by atoms with van der Waals surface area (Å²) < 4.78 is 0. The van der Waals surface area contributed by atoms with Crippen molar-refractivity contribution in [1.82, 2.24) is 0 Å². The lowest BCUT2D eigenvalue weighted by atomic mass is 9.73. The Morgan fingerprint density at radius 3 is 2.28 bits per heavy atom. The van der Waals surface area contributed by atoms with Gasteiger partial charge in [0.25, 0.3) is 0 Å². The Balaban J connectivity index is 2.34. The van der Waals surface area contributed by atoms with Gasteiger partial charge in [0.15, 0.2) is 0 Å². The average molecular weight is 254 g/mol. The zero-order valence-electron chi connectivity index (χ0n) is 12.8. The topological polar surface area (TPSA) is 37.3 Å². The molecule has 0 bridgehead atoms. The molecule has 1 rings (SSSR count). The van der Waals surface area contributed by atoms with Crippen LogP contribution in [0.5, 0.6) is 0 Å². The Labute approximate surface area is 112 Å². The highest BCUT2D eigenvalue weighted by Crippen LogP contribution is 2.37. The van der Waals surface area contributed by atoms with Crippen LogP contribution in [-0.2, 0) is 4.79 Å². The van der Waals surface area contributed by atoms with Gasteiger partial charge in [0.1, 0.15) is 5.78 Å². The number of ketones is 1. The summed E-state index contributed by atoms with van der Waals surface area (Å²) in [5.41, 5.74) is -0.645. The minimum Gasteiger partial charge on any atom is -0.390 e. The molecule has 1 aliphatic rings. The maximum Gasteiger partial charge on any atom is 0.138 e. The normalized spacial score (nSPS) is 31.1. The summed E-state index contributed by atoms with van der Waals surface area (Å²) in [6.07, 6.45) is 5.75. The molecule has 106 valence electrons. The van der Waals surface area contributed by atoms with Gasteiger partial charge in [-0.05, 0) is 50.9 Å². The van der Waals surface area contributed by atoms with Crippen molar-refractivity contribution in [3.05, 3.63) is 0 Å². The van der Waals surface area contributed by atoms with Crippen molar-refractivity contribution >= 4 is 5.78 Å². The number of carbonyl (C=O) groups excluding carboxylic acids is 1. The summed E-state index contributed by atoms with van der Waals surface area (Å²) in [5.74, 6) is 1.67. The lowest BCUT2D eigenvalue weighted by Gasteiger charge is -2.36. The summed E-state index contributed by atoms with van der Waals surface area (Å²) in [7, 11) is 0. The molecule has 0 heterocycles. The first-order valence-corrected chi connectivity index (χ1v) is 7.37. The highest BCUT2D eigenvalue weighted by molar-refractivity contribution is 5.83. The molecule has 0 spiro atoms. The first-order valence-electron chi connectivity index (χ1n) is 7.37. The first-order chi connectivity index (χ1) is 8.12. The van der Waals surface area contributed by atoms with E-state index in [2.05, 4.69) is 6.92 Å². The van der Waals surface area contributed by atoms with Crippen molar-refractivity contribution in [2.75, 3.05) is 0 Å². The Morgan fingerprint density at radius 2 is 1.83 bits per heavy atom. The van der Waals surface area contributed by atoms with Gasteiger partial charge in [-0.25, -0.2) is 0 Å². The molecule has 0 saturated heterocycles. The molecule has 0 amide bonds. The van der Waals surface area contributed by atoms with Gasteiger partial charge < -0.3 is 5.11 Å². The van der Waals surface area contributed by atoms with E-state index >= 15 is 0 Å². The molecular formula is C16H30O2. The molecule has 1 saturated carbocycles. The minimum absolute atomic E-state index is 0.198. The van der Waals surface area contributed by atoms with Crippen molar-refractivity contribution < 1.29 is 9.90 Å². The second-order valence-electron chi connectivity index (χ2n) is 7.52. The van der Waals surface area contributed by atoms with Crippen LogP contribution in [0.25, 0.3) is 0 Å². The van der Waals surface area contributed by atoms with Crippen molar-refractivity contribution in [3.63, 3.8) is 0 Å². The SMILES string of the molecule is CC(CCC(=O)C(C)(C)C)C1CCC(C)(O)CC1. The van der Waals surface area contributed by atoms with Crippen molar-refractivity contribution in [3.8, 4) is 0 Å². The molecule has 1 fully saturated rings. The number of rotatable bonds is 4. The highest BCUT2D eigenvalue weighted by atomic mass is 16.3. The molecule has 1 atom stereocenters. The van der Waals surface area contributed by atoms with Gasteiger partial charge in [0.2, 0.25) is 0 Å². The van der Waals surface area contributed by atoms with E-state index < -0.39 is 5.60 Å². The Hall–Kier alpha value is -0.370. The lowest BCUT2D eigenvalue weighted by Crippen LogP contribution is -2.32. The van der Waals surface area contributed by atoms with Gasteiger partial charge in [0.05, 0.1) is 5.60 Å². The fourth-order valence-electron chi connectivity index (χ4n) is 2.80. The van der Waals surface area contributed by atoms with Gasteiger partial charge in [-0.15, -0.1) is 0 Å². The largest absolute Gasteiger partial charge is 0.390 e. The van der Waals surface area contributed by atoms with Crippen molar-refractivity contribution in [1.29, 1.82) is 0 Å². The van der Waals surface area contributed by atoms with Gasteiger partial charge >= 0.3 is 0 Å². The summed E-state index contributed by atoms with van der Waals surface area (Å²) in [6.45, 7) is 10.2. The van der Waals surface area contributed by atoms with Crippen LogP contribution in [0.1, 0.15) is 73.1 Å². The van der Waals surface area contributed by atoms with E-state index in [1.54, 1.807) is 0 Å². The standard InChI is InChI=1S/C16H30O2/c1-12(6-7-14(17)15(2,3)4)13-8-10-16(5,18)11-9-13/h12-13,18H,6-11H2,1-5H3. The molecule has 0 aromatic rings. The molecule has 2 nitrogen and oxygen atoms in total. The Morgan fingerprint density at radius 1 is 1.33 bits per heavy atom. The van der Waals surface area contributed by atoms with Crippen LogP contribution in [0.15, 0.2) is 0 Å². The predicted octanol–water partition coefficient (Wildman–Crippen LogP) is 3.96. The second kappa shape index (κ2) is 5.73. The number of aliphatic hydroxyl groups is 1. The number of hydrogen-bond donors (Lipinski definition) is 1. The molecule has 0 aliphatic heterocycles. The summed E-state index contributed by atoms with van der Waals surface area (Å²) in [4.78, 5) is 11.9. The maximum atomic E-state index is 11.9. The summed E-state index contributed by atoms with van der Waals surface area (Å²) in [5, 5.41) is 9.94. The van der Waals surface area contributed by atoms with Crippen LogP contribution < -0.4 is 0 Å². The van der Waals surface area contributed by atoms with Gasteiger partial charge in [-0.3, -0.25) is 4.79 Å². The molecule has 1 unspecified atom stereocenters. The second-order valence-corrected chi connectivity index (χ2v) is 7.52. The Kier molecular flexibility index (Phi) is 4.99. The molecule has 0 aromatic heterocycles. The van der Waals surface area contributed by atoms with E-state index in [1.807, 2.05) is 27.7 Å². The molecule has 0 aromatic carbocycles. The average Bonchev–Trinajstić information content (AvgIpc) is 2.24. The third kappa shape index (κ3) is 4.72. The molecule has 18 heavy (non-hydrogen) atoms. The highest BCUT2D eigenvalue weighted by Gasteiger charge is 2.31. The fourth-order valence-corrected chi connectivity index (χ4v) is 2.80. The number of hydrogen-bond acceptors (Lipinski definition) is 2. The molecule has 0 radical (unpaired) electrons. The van der Waals surface area contributed by atoms with E-state index in [9.17, 15) is 9.90 Å². The molecule has 1 aliphatic carbocycles. The predicted molar refractivity (Wildman–Crippen MR) is 75.4 cm³/mol. The van der Waals surface area contributed by atoms with E-state index in [0.717, 1.165) is 32.1 Å². The van der Waals surface area contributed by atoms with Gasteiger partial charge in [-0.1, -0.05) is 27.7 Å². The van der Waals surface area contributed by atoms with E-state index in [4.69, 9.17) is 0 Å². The molecule has 1 N–H and O–H groups in total. The van der Waals surface area contributed by atoms with Gasteiger partial charge in [0, 0.05) is 11.8 Å². The Bertz CT molecular complexity index is 276. The van der Waals surface area contributed by atoms with E-state index in [-0.39, 0.29) is 5.41 Å². The zero-order chi connectivity index (χ0) is 14.0. The summed E-state index contributed by atoms with van der Waals surface area (Å²) in [6, 6.07) is 0. The van der Waals surface area contributed by atoms with Gasteiger partial charge in [-0.2, -0.15) is 0 Å². The van der Waals surface area contributed by atoms with Crippen LogP contribution in [0.3, 0.4) is 0 Å². The van der Waals surface area contributed by atoms with Crippen LogP contribution in [-0.4, -0.2) is 16.5 Å². The lowest BCUT2D eigenvalue weighted by molar-refractivity contribution is -0.126. The third-order valence-electron chi connectivity index (χ3n) is 4.58. The van der Waals surface area contributed by atoms with Crippen LogP contribution >= 0.6 is 0 Å². The van der Waals surface area contributed by atoms with Crippen LogP contribution in [0.2, 0.25) is 0 Å². The maximum absolute atomic E-state index is 11.9.